The van der Waals surface area contributed by atoms with Crippen LogP contribution >= 0.6 is 0 Å². The van der Waals surface area contributed by atoms with Gasteiger partial charge in [-0.05, 0) is 45.2 Å². The minimum absolute atomic E-state index is 0.0591. The van der Waals surface area contributed by atoms with Crippen LogP contribution < -0.4 is 25.8 Å². The van der Waals surface area contributed by atoms with Crippen molar-refractivity contribution in [1.29, 1.82) is 5.26 Å². The SMILES string of the molecule is CCNC(=O)c1ccc(OC)c(C(NC)(Oc2cccc3ccc(C)nc23)C(=O)CN)c1C#N. The minimum atomic E-state index is -1.94. The van der Waals surface area contributed by atoms with Crippen LogP contribution in [0, 0.1) is 18.3 Å². The number of fused-ring (bicyclic) bond motifs is 1. The lowest BCUT2D eigenvalue weighted by Gasteiger charge is -2.35. The molecular weight excluding hydrogens is 434 g/mol. The van der Waals surface area contributed by atoms with Gasteiger partial charge in [-0.2, -0.15) is 5.26 Å². The van der Waals surface area contributed by atoms with Gasteiger partial charge in [-0.25, -0.2) is 4.98 Å². The number of ketones is 1. The van der Waals surface area contributed by atoms with Crippen molar-refractivity contribution in [2.75, 3.05) is 27.2 Å². The summed E-state index contributed by atoms with van der Waals surface area (Å²) in [6.07, 6.45) is 0. The minimum Gasteiger partial charge on any atom is -0.496 e. The van der Waals surface area contributed by atoms with E-state index >= 15 is 0 Å². The summed E-state index contributed by atoms with van der Waals surface area (Å²) in [5.41, 5.74) is 5.24. The fourth-order valence-electron chi connectivity index (χ4n) is 3.84. The highest BCUT2D eigenvalue weighted by molar-refractivity contribution is 5.99. The smallest absolute Gasteiger partial charge is 0.252 e. The van der Waals surface area contributed by atoms with Crippen LogP contribution in [0.25, 0.3) is 10.9 Å². The summed E-state index contributed by atoms with van der Waals surface area (Å²) in [4.78, 5) is 30.7. The number of hydrogen-bond donors (Lipinski definition) is 3. The van der Waals surface area contributed by atoms with Gasteiger partial charge in [0.05, 0.1) is 30.3 Å². The quantitative estimate of drug-likeness (QED) is 0.412. The van der Waals surface area contributed by atoms with Gasteiger partial charge >= 0.3 is 0 Å². The van der Waals surface area contributed by atoms with E-state index < -0.39 is 24.0 Å². The van der Waals surface area contributed by atoms with Gasteiger partial charge in [0.15, 0.2) is 0 Å². The molecule has 3 aromatic rings. The number of ether oxygens (including phenoxy) is 2. The number of benzene rings is 2. The molecule has 1 amide bonds. The van der Waals surface area contributed by atoms with E-state index in [2.05, 4.69) is 21.7 Å². The topological polar surface area (TPSA) is 139 Å². The van der Waals surface area contributed by atoms with Crippen LogP contribution in [0.4, 0.5) is 0 Å². The molecule has 0 spiro atoms. The first-order chi connectivity index (χ1) is 16.4. The monoisotopic (exact) mass is 461 g/mol. The molecule has 1 aromatic heterocycles. The number of carbonyl (C=O) groups excluding carboxylic acids is 2. The molecule has 3 rings (SSSR count). The van der Waals surface area contributed by atoms with Gasteiger partial charge in [-0.15, -0.1) is 0 Å². The number of aryl methyl sites for hydroxylation is 1. The number of nitrogens with two attached hydrogens (primary N) is 1. The largest absolute Gasteiger partial charge is 0.496 e. The van der Waals surface area contributed by atoms with Crippen molar-refractivity contribution in [3.63, 3.8) is 0 Å². The molecule has 1 atom stereocenters. The molecule has 1 heterocycles. The Balaban J connectivity index is 2.36. The highest BCUT2D eigenvalue weighted by atomic mass is 16.5. The average molecular weight is 462 g/mol. The summed E-state index contributed by atoms with van der Waals surface area (Å²) in [6, 6.07) is 14.1. The van der Waals surface area contributed by atoms with Crippen LogP contribution in [0.2, 0.25) is 0 Å². The molecule has 1 unspecified atom stereocenters. The van der Waals surface area contributed by atoms with Crippen LogP contribution in [0.3, 0.4) is 0 Å². The molecular formula is C25H27N5O4. The van der Waals surface area contributed by atoms with Crippen molar-refractivity contribution >= 4 is 22.6 Å². The highest BCUT2D eigenvalue weighted by Gasteiger charge is 2.46. The maximum Gasteiger partial charge on any atom is 0.252 e. The second kappa shape index (κ2) is 10.3. The molecule has 2 aromatic carbocycles. The number of nitriles is 1. The van der Waals surface area contributed by atoms with Crippen molar-refractivity contribution in [2.24, 2.45) is 5.73 Å². The van der Waals surface area contributed by atoms with Crippen molar-refractivity contribution in [3.8, 4) is 17.6 Å². The third-order valence-electron chi connectivity index (χ3n) is 5.45. The number of pyridine rings is 1. The van der Waals surface area contributed by atoms with E-state index in [1.807, 2.05) is 25.1 Å². The summed E-state index contributed by atoms with van der Waals surface area (Å²) in [7, 11) is 2.92. The van der Waals surface area contributed by atoms with E-state index in [9.17, 15) is 14.9 Å². The Bertz CT molecular complexity index is 1280. The number of para-hydroxylation sites is 1. The van der Waals surface area contributed by atoms with E-state index in [4.69, 9.17) is 15.2 Å². The summed E-state index contributed by atoms with van der Waals surface area (Å²) in [5.74, 6) is -0.546. The Morgan fingerprint density at radius 3 is 2.56 bits per heavy atom. The second-order valence-corrected chi connectivity index (χ2v) is 7.48. The molecule has 0 saturated heterocycles. The molecule has 0 saturated carbocycles. The first-order valence-electron chi connectivity index (χ1n) is 10.7. The Morgan fingerprint density at radius 1 is 1.18 bits per heavy atom. The summed E-state index contributed by atoms with van der Waals surface area (Å²) in [6.45, 7) is 3.57. The highest BCUT2D eigenvalue weighted by Crippen LogP contribution is 2.39. The first kappa shape index (κ1) is 24.6. The molecule has 34 heavy (non-hydrogen) atoms. The number of Topliss-reactive ketones (excluding diaryl/α,β-unsaturated/α-hetero) is 1. The number of likely N-dealkylation sites (N-methyl/N-ethyl adjacent to an activating group) is 1. The molecule has 9 nitrogen and oxygen atoms in total. The van der Waals surface area contributed by atoms with Crippen molar-refractivity contribution < 1.29 is 19.1 Å². The molecule has 0 aliphatic carbocycles. The summed E-state index contributed by atoms with van der Waals surface area (Å²) >= 11 is 0. The maximum absolute atomic E-state index is 13.4. The van der Waals surface area contributed by atoms with Crippen LogP contribution in [-0.2, 0) is 10.5 Å². The van der Waals surface area contributed by atoms with E-state index in [1.54, 1.807) is 19.1 Å². The predicted molar refractivity (Wildman–Crippen MR) is 128 cm³/mol. The van der Waals surface area contributed by atoms with Gasteiger partial charge in [0.25, 0.3) is 11.6 Å². The summed E-state index contributed by atoms with van der Waals surface area (Å²) in [5, 5.41) is 16.5. The average Bonchev–Trinajstić information content (AvgIpc) is 2.86. The summed E-state index contributed by atoms with van der Waals surface area (Å²) < 4.78 is 11.9. The maximum atomic E-state index is 13.4. The van der Waals surface area contributed by atoms with Gasteiger partial charge in [-0.3, -0.25) is 14.9 Å². The molecule has 0 radical (unpaired) electrons. The zero-order valence-electron chi connectivity index (χ0n) is 19.6. The van der Waals surface area contributed by atoms with E-state index in [0.29, 0.717) is 17.8 Å². The first-order valence-corrected chi connectivity index (χ1v) is 10.7. The zero-order chi connectivity index (χ0) is 24.9. The number of rotatable bonds is 9. The molecule has 0 bridgehead atoms. The van der Waals surface area contributed by atoms with Gasteiger partial charge < -0.3 is 20.5 Å². The third-order valence-corrected chi connectivity index (χ3v) is 5.45. The number of carbonyl (C=O) groups is 2. The molecule has 0 aliphatic heterocycles. The van der Waals surface area contributed by atoms with Crippen LogP contribution in [-0.4, -0.2) is 43.9 Å². The molecule has 0 fully saturated rings. The van der Waals surface area contributed by atoms with Crippen molar-refractivity contribution in [1.82, 2.24) is 15.6 Å². The number of aromatic nitrogens is 1. The van der Waals surface area contributed by atoms with Crippen LogP contribution in [0.15, 0.2) is 42.5 Å². The Morgan fingerprint density at radius 2 is 1.94 bits per heavy atom. The van der Waals surface area contributed by atoms with Gasteiger partial charge in [0.1, 0.15) is 23.1 Å². The normalized spacial score (nSPS) is 12.5. The number of nitrogens with one attached hydrogen (secondary N) is 2. The second-order valence-electron chi connectivity index (χ2n) is 7.48. The third kappa shape index (κ3) is 4.29. The van der Waals surface area contributed by atoms with Gasteiger partial charge in [0.2, 0.25) is 5.78 Å². The predicted octanol–water partition coefficient (Wildman–Crippen LogP) is 2.15. The molecule has 176 valence electrons. The lowest BCUT2D eigenvalue weighted by molar-refractivity contribution is -0.136. The number of amides is 1. The lowest BCUT2D eigenvalue weighted by Crippen LogP contribution is -2.55. The molecule has 4 N–H and O–H groups in total. The van der Waals surface area contributed by atoms with Crippen LogP contribution in [0.1, 0.15) is 34.1 Å². The lowest BCUT2D eigenvalue weighted by atomic mass is 9.89. The van der Waals surface area contributed by atoms with Crippen molar-refractivity contribution in [3.05, 3.63) is 64.8 Å². The Labute approximate surface area is 197 Å². The Hall–Kier alpha value is -4.00. The fourth-order valence-corrected chi connectivity index (χ4v) is 3.84. The van der Waals surface area contributed by atoms with Crippen molar-refractivity contribution in [2.45, 2.75) is 19.6 Å². The van der Waals surface area contributed by atoms with E-state index in [1.165, 1.54) is 26.3 Å². The van der Waals surface area contributed by atoms with E-state index in [-0.39, 0.29) is 22.4 Å². The molecule has 9 heteroatoms. The number of nitrogens with zero attached hydrogens (tertiary/aromatic N) is 2. The Kier molecular flexibility index (Phi) is 7.46. The van der Waals surface area contributed by atoms with Gasteiger partial charge in [-0.1, -0.05) is 18.2 Å². The van der Waals surface area contributed by atoms with Gasteiger partial charge in [0, 0.05) is 17.6 Å². The molecule has 0 aliphatic rings. The van der Waals surface area contributed by atoms with Crippen LogP contribution in [0.5, 0.6) is 11.5 Å². The fraction of sp³-hybridized carbons (Fsp3) is 0.280. The number of hydrogen-bond acceptors (Lipinski definition) is 8. The standard InChI is InChI=1S/C25H27N5O4/c1-5-29-24(32)17-11-12-19(33-4)22(18(17)13-26)25(28-3,21(31)14-27)34-20-8-6-7-16-10-9-15(2)30-23(16)20/h6-12,28H,5,14,27H2,1-4H3,(H,29,32). The zero-order valence-corrected chi connectivity index (χ0v) is 19.6. The van der Waals surface area contributed by atoms with E-state index in [0.717, 1.165) is 11.1 Å². The number of methoxy groups -OCH3 is 1.